The Morgan fingerprint density at radius 3 is 2.57 bits per heavy atom. The Balaban J connectivity index is 1.61. The summed E-state index contributed by atoms with van der Waals surface area (Å²) in [5.74, 6) is 3.47. The van der Waals surface area contributed by atoms with Crippen molar-refractivity contribution in [2.75, 3.05) is 0 Å². The van der Waals surface area contributed by atoms with Crippen molar-refractivity contribution >= 4 is 5.78 Å². The van der Waals surface area contributed by atoms with Crippen LogP contribution in [0.1, 0.15) is 85.0 Å². The maximum atomic E-state index is 12.5. The summed E-state index contributed by atoms with van der Waals surface area (Å²) in [5.41, 5.74) is 0.0178. The topological polar surface area (TPSA) is 37.3 Å². The van der Waals surface area contributed by atoms with Crippen molar-refractivity contribution in [1.82, 2.24) is 0 Å². The lowest BCUT2D eigenvalue weighted by Crippen LogP contribution is -2.55. The molecule has 4 aliphatic carbocycles. The number of hydrogen-bond acceptors (Lipinski definition) is 2. The highest BCUT2D eigenvalue weighted by Crippen LogP contribution is 2.66. The first-order valence-electron chi connectivity index (χ1n) is 10.1. The van der Waals surface area contributed by atoms with Crippen LogP contribution in [0.4, 0.5) is 0 Å². The molecule has 0 aliphatic heterocycles. The van der Waals surface area contributed by atoms with Gasteiger partial charge in [-0.25, -0.2) is 0 Å². The third-order valence-corrected chi connectivity index (χ3v) is 9.19. The zero-order valence-electron chi connectivity index (χ0n) is 15.2. The molecule has 130 valence electrons. The number of fused-ring (bicyclic) bond motifs is 5. The zero-order chi connectivity index (χ0) is 16.5. The largest absolute Gasteiger partial charge is 0.390 e. The number of carbonyl (C=O) groups is 1. The van der Waals surface area contributed by atoms with Crippen LogP contribution in [0.25, 0.3) is 0 Å². The normalized spacial score (nSPS) is 55.9. The second-order valence-electron chi connectivity index (χ2n) is 9.86. The van der Waals surface area contributed by atoms with Crippen LogP contribution in [-0.2, 0) is 4.79 Å². The van der Waals surface area contributed by atoms with E-state index in [0.29, 0.717) is 23.0 Å². The van der Waals surface area contributed by atoms with Crippen LogP contribution in [0.3, 0.4) is 0 Å². The monoisotopic (exact) mass is 318 g/mol. The van der Waals surface area contributed by atoms with E-state index in [1.165, 1.54) is 25.7 Å². The van der Waals surface area contributed by atoms with Gasteiger partial charge in [0.2, 0.25) is 0 Å². The molecule has 4 aliphatic rings. The van der Waals surface area contributed by atoms with E-state index in [1.54, 1.807) is 0 Å². The van der Waals surface area contributed by atoms with Gasteiger partial charge >= 0.3 is 0 Å². The van der Waals surface area contributed by atoms with Crippen molar-refractivity contribution in [2.24, 2.45) is 34.5 Å². The molecular weight excluding hydrogens is 284 g/mol. The van der Waals surface area contributed by atoms with Crippen LogP contribution >= 0.6 is 0 Å². The fourth-order valence-electron chi connectivity index (χ4n) is 7.41. The predicted molar refractivity (Wildman–Crippen MR) is 92.0 cm³/mol. The molecule has 4 fully saturated rings. The van der Waals surface area contributed by atoms with Crippen molar-refractivity contribution in [3.63, 3.8) is 0 Å². The minimum atomic E-state index is -0.399. The molecular formula is C21H34O2. The highest BCUT2D eigenvalue weighted by molar-refractivity contribution is 5.87. The lowest BCUT2D eigenvalue weighted by molar-refractivity contribution is -0.154. The number of ketones is 1. The molecule has 0 saturated heterocycles. The van der Waals surface area contributed by atoms with Gasteiger partial charge in [0, 0.05) is 11.8 Å². The molecule has 0 amide bonds. The molecule has 4 saturated carbocycles. The van der Waals surface area contributed by atoms with Crippen molar-refractivity contribution in [2.45, 2.75) is 90.6 Å². The summed E-state index contributed by atoms with van der Waals surface area (Å²) in [6.07, 6.45) is 11.0. The van der Waals surface area contributed by atoms with E-state index >= 15 is 0 Å². The molecule has 0 radical (unpaired) electrons. The molecule has 2 heteroatoms. The molecule has 0 bridgehead atoms. The first kappa shape index (κ1) is 16.1. The summed E-state index contributed by atoms with van der Waals surface area (Å²) in [6, 6.07) is 0. The first-order valence-corrected chi connectivity index (χ1v) is 10.1. The van der Waals surface area contributed by atoms with E-state index in [9.17, 15) is 9.90 Å². The molecule has 1 N–H and O–H groups in total. The summed E-state index contributed by atoms with van der Waals surface area (Å²) in [6.45, 7) is 6.95. The Bertz CT molecular complexity index is 514. The number of carbonyl (C=O) groups excluding carboxylic acids is 1. The molecule has 23 heavy (non-hydrogen) atoms. The summed E-state index contributed by atoms with van der Waals surface area (Å²) in [4.78, 5) is 12.5. The molecule has 0 spiro atoms. The van der Waals surface area contributed by atoms with Gasteiger partial charge in [-0.2, -0.15) is 0 Å². The van der Waals surface area contributed by atoms with E-state index < -0.39 is 5.60 Å². The Labute approximate surface area is 141 Å². The van der Waals surface area contributed by atoms with Crippen LogP contribution in [0, 0.1) is 34.5 Å². The summed E-state index contributed by atoms with van der Waals surface area (Å²) < 4.78 is 0. The van der Waals surface area contributed by atoms with Gasteiger partial charge in [0.15, 0.2) is 0 Å². The van der Waals surface area contributed by atoms with Gasteiger partial charge in [-0.05, 0) is 86.9 Å². The van der Waals surface area contributed by atoms with Crippen LogP contribution in [0.2, 0.25) is 0 Å². The van der Waals surface area contributed by atoms with Crippen molar-refractivity contribution < 1.29 is 9.90 Å². The molecule has 3 unspecified atom stereocenters. The van der Waals surface area contributed by atoms with Crippen LogP contribution in [0.15, 0.2) is 0 Å². The molecule has 0 aromatic heterocycles. The minimum absolute atomic E-state index is 0.00316. The summed E-state index contributed by atoms with van der Waals surface area (Å²) >= 11 is 0. The van der Waals surface area contributed by atoms with E-state index in [0.717, 1.165) is 50.4 Å². The fourth-order valence-corrected chi connectivity index (χ4v) is 7.41. The molecule has 7 atom stereocenters. The molecule has 0 aromatic rings. The highest BCUT2D eigenvalue weighted by atomic mass is 16.3. The van der Waals surface area contributed by atoms with Gasteiger partial charge in [0.05, 0.1) is 5.60 Å². The van der Waals surface area contributed by atoms with Crippen molar-refractivity contribution in [3.8, 4) is 0 Å². The maximum Gasteiger partial charge on any atom is 0.139 e. The summed E-state index contributed by atoms with van der Waals surface area (Å²) in [7, 11) is 0. The Kier molecular flexibility index (Phi) is 3.55. The smallest absolute Gasteiger partial charge is 0.139 e. The highest BCUT2D eigenvalue weighted by Gasteiger charge is 2.61. The third-order valence-electron chi connectivity index (χ3n) is 9.19. The molecule has 0 heterocycles. The summed E-state index contributed by atoms with van der Waals surface area (Å²) in [5, 5.41) is 10.8. The van der Waals surface area contributed by atoms with Crippen molar-refractivity contribution in [1.29, 1.82) is 0 Å². The third kappa shape index (κ3) is 2.12. The lowest BCUT2D eigenvalue weighted by Gasteiger charge is -2.61. The average Bonchev–Trinajstić information content (AvgIpc) is 2.84. The standard InChI is InChI=1S/C21H34O2/c1-4-21(23)12-11-19(2)14(13-21)5-6-15-16-7-8-18(22)20(16,3)10-9-17(15)19/h14-17,23H,4-13H2,1-3H3/t14-,15?,16?,17?,19-,20-,21-/m0/s1. The average molecular weight is 319 g/mol. The molecule has 4 rings (SSSR count). The van der Waals surface area contributed by atoms with Gasteiger partial charge in [-0.1, -0.05) is 20.8 Å². The van der Waals surface area contributed by atoms with Gasteiger partial charge in [-0.15, -0.1) is 0 Å². The molecule has 2 nitrogen and oxygen atoms in total. The van der Waals surface area contributed by atoms with Gasteiger partial charge in [0.25, 0.3) is 0 Å². The fraction of sp³-hybridized carbons (Fsp3) is 0.952. The number of aliphatic hydroxyl groups is 1. The Morgan fingerprint density at radius 1 is 1.04 bits per heavy atom. The molecule has 0 aromatic carbocycles. The second kappa shape index (κ2) is 5.07. The minimum Gasteiger partial charge on any atom is -0.390 e. The van der Waals surface area contributed by atoms with E-state index in [1.807, 2.05) is 0 Å². The second-order valence-corrected chi connectivity index (χ2v) is 9.86. The van der Waals surface area contributed by atoms with Crippen molar-refractivity contribution in [3.05, 3.63) is 0 Å². The zero-order valence-corrected chi connectivity index (χ0v) is 15.2. The van der Waals surface area contributed by atoms with Crippen LogP contribution in [0.5, 0.6) is 0 Å². The first-order chi connectivity index (χ1) is 10.8. The number of hydrogen-bond donors (Lipinski definition) is 1. The quantitative estimate of drug-likeness (QED) is 0.758. The van der Waals surface area contributed by atoms with E-state index in [-0.39, 0.29) is 5.41 Å². The van der Waals surface area contributed by atoms with Crippen LogP contribution < -0.4 is 0 Å². The lowest BCUT2D eigenvalue weighted by atomic mass is 9.44. The maximum absolute atomic E-state index is 12.5. The van der Waals surface area contributed by atoms with Crippen LogP contribution in [-0.4, -0.2) is 16.5 Å². The number of Topliss-reactive ketones (excluding diaryl/α,β-unsaturated/α-hetero) is 1. The van der Waals surface area contributed by atoms with Gasteiger partial charge in [0.1, 0.15) is 5.78 Å². The number of rotatable bonds is 1. The Morgan fingerprint density at radius 2 is 1.83 bits per heavy atom. The predicted octanol–water partition coefficient (Wildman–Crippen LogP) is 4.74. The SMILES string of the molecule is CC[C@]1(O)CC[C@]2(C)C3CC[C@]4(C)C(=O)CCC4C3CC[C@H]2C1. The van der Waals surface area contributed by atoms with Gasteiger partial charge in [-0.3, -0.25) is 4.79 Å². The van der Waals surface area contributed by atoms with E-state index in [4.69, 9.17) is 0 Å². The Hall–Kier alpha value is -0.370. The van der Waals surface area contributed by atoms with Gasteiger partial charge < -0.3 is 5.11 Å². The van der Waals surface area contributed by atoms with E-state index in [2.05, 4.69) is 20.8 Å².